The van der Waals surface area contributed by atoms with Crippen LogP contribution in [-0.4, -0.2) is 17.0 Å². The number of nitrogens with zero attached hydrogens (tertiary/aromatic N) is 2. The van der Waals surface area contributed by atoms with Gasteiger partial charge in [0, 0.05) is 18.3 Å². The van der Waals surface area contributed by atoms with E-state index in [0.29, 0.717) is 24.3 Å². The van der Waals surface area contributed by atoms with Crippen LogP contribution < -0.4 is 4.74 Å². The van der Waals surface area contributed by atoms with E-state index < -0.39 is 0 Å². The lowest BCUT2D eigenvalue weighted by molar-refractivity contribution is 0.103. The van der Waals surface area contributed by atoms with Crippen molar-refractivity contribution in [1.82, 2.24) is 4.57 Å². The Bertz CT molecular complexity index is 691. The zero-order valence-electron chi connectivity index (χ0n) is 12.5. The van der Waals surface area contributed by atoms with Gasteiger partial charge in [-0.1, -0.05) is 0 Å². The smallest absolute Gasteiger partial charge is 0.209 e. The summed E-state index contributed by atoms with van der Waals surface area (Å²) < 4.78 is 7.18. The van der Waals surface area contributed by atoms with Crippen molar-refractivity contribution in [3.05, 3.63) is 52.8 Å². The highest BCUT2D eigenvalue weighted by molar-refractivity contribution is 6.09. The van der Waals surface area contributed by atoms with E-state index >= 15 is 0 Å². The van der Waals surface area contributed by atoms with Crippen LogP contribution in [0, 0.1) is 18.3 Å². The zero-order valence-corrected chi connectivity index (χ0v) is 12.5. The van der Waals surface area contributed by atoms with Gasteiger partial charge in [-0.15, -0.1) is 0 Å². The summed E-state index contributed by atoms with van der Waals surface area (Å²) in [6.45, 7) is 4.41. The standard InChI is InChI=1S/C17H18N2O2/c1-4-21-15-7-5-13(6-8-15)17(20)16-12(2)11-14(9-10-18)19(16)3/h5-8,11H,4,9H2,1-3H3. The molecule has 4 heteroatoms. The third kappa shape index (κ3) is 2.97. The summed E-state index contributed by atoms with van der Waals surface area (Å²) in [4.78, 5) is 12.6. The van der Waals surface area contributed by atoms with E-state index in [0.717, 1.165) is 17.0 Å². The first-order valence-corrected chi connectivity index (χ1v) is 6.88. The number of rotatable bonds is 5. The fraction of sp³-hybridized carbons (Fsp3) is 0.294. The van der Waals surface area contributed by atoms with Gasteiger partial charge in [0.15, 0.2) is 0 Å². The van der Waals surface area contributed by atoms with Crippen LogP contribution in [0.3, 0.4) is 0 Å². The highest BCUT2D eigenvalue weighted by atomic mass is 16.5. The van der Waals surface area contributed by atoms with Crippen LogP contribution in [0.4, 0.5) is 0 Å². The molecule has 0 fully saturated rings. The Morgan fingerprint density at radius 2 is 2.00 bits per heavy atom. The van der Waals surface area contributed by atoms with Crippen molar-refractivity contribution in [3.8, 4) is 11.8 Å². The number of hydrogen-bond acceptors (Lipinski definition) is 3. The van der Waals surface area contributed by atoms with E-state index in [2.05, 4.69) is 6.07 Å². The molecular formula is C17H18N2O2. The fourth-order valence-electron chi connectivity index (χ4n) is 2.41. The molecule has 0 atom stereocenters. The molecule has 0 saturated heterocycles. The molecule has 2 rings (SSSR count). The predicted molar refractivity (Wildman–Crippen MR) is 80.5 cm³/mol. The number of carbonyl (C=O) groups excluding carboxylic acids is 1. The molecule has 1 aromatic carbocycles. The average Bonchev–Trinajstić information content (AvgIpc) is 2.74. The van der Waals surface area contributed by atoms with Gasteiger partial charge in [-0.25, -0.2) is 0 Å². The van der Waals surface area contributed by atoms with Crippen LogP contribution in [0.2, 0.25) is 0 Å². The summed E-state index contributed by atoms with van der Waals surface area (Å²) in [6.07, 6.45) is 0.300. The Kier molecular flexibility index (Phi) is 4.44. The van der Waals surface area contributed by atoms with Crippen LogP contribution in [-0.2, 0) is 13.5 Å². The van der Waals surface area contributed by atoms with Gasteiger partial charge in [0.2, 0.25) is 5.78 Å². The van der Waals surface area contributed by atoms with Crippen molar-refractivity contribution in [2.24, 2.45) is 7.05 Å². The van der Waals surface area contributed by atoms with Crippen molar-refractivity contribution in [1.29, 1.82) is 5.26 Å². The number of aromatic nitrogens is 1. The third-order valence-electron chi connectivity index (χ3n) is 3.43. The molecule has 4 nitrogen and oxygen atoms in total. The molecular weight excluding hydrogens is 264 g/mol. The highest BCUT2D eigenvalue weighted by Gasteiger charge is 2.18. The third-order valence-corrected chi connectivity index (χ3v) is 3.43. The van der Waals surface area contributed by atoms with Crippen LogP contribution in [0.1, 0.15) is 34.2 Å². The lowest BCUT2D eigenvalue weighted by Gasteiger charge is -2.08. The van der Waals surface area contributed by atoms with Crippen molar-refractivity contribution in [3.63, 3.8) is 0 Å². The van der Waals surface area contributed by atoms with Crippen LogP contribution >= 0.6 is 0 Å². The molecule has 108 valence electrons. The topological polar surface area (TPSA) is 55.0 Å². The Morgan fingerprint density at radius 1 is 1.33 bits per heavy atom. The summed E-state index contributed by atoms with van der Waals surface area (Å²) in [5, 5.41) is 8.82. The minimum Gasteiger partial charge on any atom is -0.494 e. The van der Waals surface area contributed by atoms with E-state index in [4.69, 9.17) is 10.00 Å². The molecule has 0 N–H and O–H groups in total. The molecule has 1 heterocycles. The Hall–Kier alpha value is -2.54. The lowest BCUT2D eigenvalue weighted by atomic mass is 10.1. The van der Waals surface area contributed by atoms with Gasteiger partial charge < -0.3 is 9.30 Å². The number of aryl methyl sites for hydroxylation is 1. The fourth-order valence-corrected chi connectivity index (χ4v) is 2.41. The molecule has 0 aliphatic heterocycles. The first-order valence-electron chi connectivity index (χ1n) is 6.88. The maximum atomic E-state index is 12.6. The zero-order chi connectivity index (χ0) is 15.4. The van der Waals surface area contributed by atoms with Crippen LogP contribution in [0.5, 0.6) is 5.75 Å². The number of ketones is 1. The molecule has 0 aliphatic rings. The molecule has 0 aliphatic carbocycles. The summed E-state index contributed by atoms with van der Waals surface area (Å²) in [5.74, 6) is 0.713. The molecule has 1 aromatic heterocycles. The van der Waals surface area contributed by atoms with Crippen molar-refractivity contribution in [2.45, 2.75) is 20.3 Å². The van der Waals surface area contributed by atoms with E-state index in [1.807, 2.05) is 27.0 Å². The van der Waals surface area contributed by atoms with Gasteiger partial charge in [-0.05, 0) is 49.7 Å². The Balaban J connectivity index is 2.34. The maximum absolute atomic E-state index is 12.6. The van der Waals surface area contributed by atoms with Crippen molar-refractivity contribution >= 4 is 5.78 Å². The molecule has 2 aromatic rings. The molecule has 0 radical (unpaired) electrons. The number of carbonyl (C=O) groups is 1. The number of ether oxygens (including phenoxy) is 1. The van der Waals surface area contributed by atoms with Gasteiger partial charge in [0.05, 0.1) is 24.8 Å². The number of benzene rings is 1. The average molecular weight is 282 g/mol. The molecule has 0 unspecified atom stereocenters. The second-order valence-corrected chi connectivity index (χ2v) is 4.85. The number of nitriles is 1. The molecule has 0 spiro atoms. The van der Waals surface area contributed by atoms with E-state index in [-0.39, 0.29) is 5.78 Å². The van der Waals surface area contributed by atoms with Gasteiger partial charge in [-0.2, -0.15) is 5.26 Å². The first-order chi connectivity index (χ1) is 10.1. The summed E-state index contributed by atoms with van der Waals surface area (Å²) >= 11 is 0. The van der Waals surface area contributed by atoms with Gasteiger partial charge in [0.1, 0.15) is 5.75 Å². The van der Waals surface area contributed by atoms with Crippen LogP contribution in [0.25, 0.3) is 0 Å². The van der Waals surface area contributed by atoms with E-state index in [1.165, 1.54) is 0 Å². The monoisotopic (exact) mass is 282 g/mol. The minimum atomic E-state index is -0.0396. The van der Waals surface area contributed by atoms with Crippen molar-refractivity contribution < 1.29 is 9.53 Å². The second-order valence-electron chi connectivity index (χ2n) is 4.85. The van der Waals surface area contributed by atoms with Gasteiger partial charge in [0.25, 0.3) is 0 Å². The molecule has 0 amide bonds. The molecule has 0 saturated carbocycles. The summed E-state index contributed by atoms with van der Waals surface area (Å²) in [7, 11) is 1.82. The lowest BCUT2D eigenvalue weighted by Crippen LogP contribution is -2.10. The molecule has 0 bridgehead atoms. The summed E-state index contributed by atoms with van der Waals surface area (Å²) in [6, 6.07) is 11.1. The van der Waals surface area contributed by atoms with E-state index in [9.17, 15) is 4.79 Å². The Labute approximate surface area is 124 Å². The first kappa shape index (κ1) is 14.9. The van der Waals surface area contributed by atoms with E-state index in [1.54, 1.807) is 28.8 Å². The largest absolute Gasteiger partial charge is 0.494 e. The van der Waals surface area contributed by atoms with Crippen LogP contribution in [0.15, 0.2) is 30.3 Å². The Morgan fingerprint density at radius 3 is 2.57 bits per heavy atom. The molecule has 21 heavy (non-hydrogen) atoms. The number of hydrogen-bond donors (Lipinski definition) is 0. The normalized spacial score (nSPS) is 10.2. The quantitative estimate of drug-likeness (QED) is 0.792. The SMILES string of the molecule is CCOc1ccc(C(=O)c2c(C)cc(CC#N)n2C)cc1. The predicted octanol–water partition coefficient (Wildman–Crippen LogP) is 3.03. The van der Waals surface area contributed by atoms with Gasteiger partial charge in [-0.3, -0.25) is 4.79 Å². The second kappa shape index (κ2) is 6.27. The highest BCUT2D eigenvalue weighted by Crippen LogP contribution is 2.20. The van der Waals surface area contributed by atoms with Crippen molar-refractivity contribution in [2.75, 3.05) is 6.61 Å². The summed E-state index contributed by atoms with van der Waals surface area (Å²) in [5.41, 5.74) is 2.99. The minimum absolute atomic E-state index is 0.0396. The maximum Gasteiger partial charge on any atom is 0.209 e. The van der Waals surface area contributed by atoms with Gasteiger partial charge >= 0.3 is 0 Å².